The number of phenolic OH excluding ortho intramolecular Hbond substituents is 1. The van der Waals surface area contributed by atoms with E-state index in [4.69, 9.17) is 20.6 Å². The van der Waals surface area contributed by atoms with E-state index in [9.17, 15) is 13.9 Å². The molecule has 3 aromatic heterocycles. The number of halogens is 3. The minimum Gasteiger partial charge on any atom is -0.508 e. The van der Waals surface area contributed by atoms with Crippen molar-refractivity contribution >= 4 is 27.5 Å². The SMILES string of the molecule is C#Cc1c(F)ccc2cc(O)cc(-c3ncc4c(N5CC6CCC(Cc7ncco7)(C5)N6)nc(OC[C@@]56CCCN5C[C@H](F)C6)nc4c3F)c12. The summed E-state index contributed by atoms with van der Waals surface area (Å²) in [5, 5.41) is 15.4. The number of benzene rings is 2. The lowest BCUT2D eigenvalue weighted by atomic mass is 9.92. The third-order valence-electron chi connectivity index (χ3n) is 11.0. The van der Waals surface area contributed by atoms with Gasteiger partial charge in [-0.25, -0.2) is 18.2 Å². The van der Waals surface area contributed by atoms with E-state index in [0.717, 1.165) is 32.2 Å². The Labute approximate surface area is 285 Å². The van der Waals surface area contributed by atoms with Gasteiger partial charge in [-0.1, -0.05) is 12.0 Å². The second kappa shape index (κ2) is 11.6. The molecule has 4 atom stereocenters. The van der Waals surface area contributed by atoms with Crippen molar-refractivity contribution in [3.8, 4) is 35.4 Å². The van der Waals surface area contributed by atoms with Crippen LogP contribution in [0.3, 0.4) is 0 Å². The molecule has 0 radical (unpaired) electrons. The Hall–Kier alpha value is -4.93. The molecular formula is C37H34F3N7O3. The fourth-order valence-corrected chi connectivity index (χ4v) is 8.89. The number of oxazole rings is 1. The normalized spacial score (nSPS) is 26.2. The van der Waals surface area contributed by atoms with Gasteiger partial charge in [-0.3, -0.25) is 9.88 Å². The van der Waals surface area contributed by atoms with Crippen LogP contribution in [0.15, 0.2) is 47.3 Å². The van der Waals surface area contributed by atoms with E-state index in [2.05, 4.69) is 36.0 Å². The number of phenols is 1. The Morgan fingerprint density at radius 3 is 2.90 bits per heavy atom. The first-order valence-electron chi connectivity index (χ1n) is 16.9. The summed E-state index contributed by atoms with van der Waals surface area (Å²) in [6.07, 6.45) is 13.9. The topological polar surface area (TPSA) is 113 Å². The number of rotatable bonds is 7. The van der Waals surface area contributed by atoms with Gasteiger partial charge in [-0.05, 0) is 55.8 Å². The number of piperazine rings is 1. The van der Waals surface area contributed by atoms with Crippen molar-refractivity contribution in [3.63, 3.8) is 0 Å². The van der Waals surface area contributed by atoms with Crippen LogP contribution >= 0.6 is 0 Å². The molecule has 13 heteroatoms. The molecule has 4 saturated heterocycles. The summed E-state index contributed by atoms with van der Waals surface area (Å²) in [5.41, 5.74) is -0.967. The highest BCUT2D eigenvalue weighted by atomic mass is 19.1. The van der Waals surface area contributed by atoms with Crippen molar-refractivity contribution in [3.05, 3.63) is 66.0 Å². The summed E-state index contributed by atoms with van der Waals surface area (Å²) in [6.45, 7) is 2.46. The molecule has 256 valence electrons. The number of alkyl halides is 1. The van der Waals surface area contributed by atoms with Crippen LogP contribution in [0.1, 0.15) is 43.6 Å². The summed E-state index contributed by atoms with van der Waals surface area (Å²) < 4.78 is 58.5. The first-order chi connectivity index (χ1) is 24.2. The third kappa shape index (κ3) is 5.03. The second-order valence-electron chi connectivity index (χ2n) is 14.2. The minimum absolute atomic E-state index is 0.0316. The van der Waals surface area contributed by atoms with Crippen LogP contribution in [-0.4, -0.2) is 86.0 Å². The monoisotopic (exact) mass is 681 g/mol. The number of fused-ring (bicyclic) bond motifs is 5. The van der Waals surface area contributed by atoms with E-state index in [-0.39, 0.29) is 57.7 Å². The molecule has 10 nitrogen and oxygen atoms in total. The van der Waals surface area contributed by atoms with Crippen molar-refractivity contribution in [2.75, 3.05) is 37.7 Å². The van der Waals surface area contributed by atoms with Crippen LogP contribution in [0.4, 0.5) is 19.0 Å². The zero-order chi connectivity index (χ0) is 34.2. The van der Waals surface area contributed by atoms with Gasteiger partial charge in [-0.2, -0.15) is 9.97 Å². The van der Waals surface area contributed by atoms with Crippen LogP contribution in [0.2, 0.25) is 0 Å². The zero-order valence-electron chi connectivity index (χ0n) is 27.1. The van der Waals surface area contributed by atoms with E-state index >= 15 is 4.39 Å². The highest BCUT2D eigenvalue weighted by Gasteiger charge is 2.50. The number of pyridine rings is 1. The number of ether oxygens (including phenoxy) is 1. The molecule has 0 aliphatic carbocycles. The van der Waals surface area contributed by atoms with E-state index in [1.54, 1.807) is 12.5 Å². The number of anilines is 1. The van der Waals surface area contributed by atoms with Gasteiger partial charge in [0, 0.05) is 61.2 Å². The molecular weight excluding hydrogens is 647 g/mol. The largest absolute Gasteiger partial charge is 0.508 e. The van der Waals surface area contributed by atoms with E-state index in [1.807, 2.05) is 0 Å². The lowest BCUT2D eigenvalue weighted by molar-refractivity contribution is 0.107. The first kappa shape index (κ1) is 31.1. The first-order valence-corrected chi connectivity index (χ1v) is 16.9. The molecule has 2 bridgehead atoms. The van der Waals surface area contributed by atoms with Gasteiger partial charge in [-0.15, -0.1) is 6.42 Å². The molecule has 7 heterocycles. The van der Waals surface area contributed by atoms with Gasteiger partial charge in [0.2, 0.25) is 0 Å². The Morgan fingerprint density at radius 1 is 1.16 bits per heavy atom. The standard InChI is InChI=1S/C37H34F3N7O3/c1-2-25-28(39)5-4-21-12-24(48)13-26(30(21)25)32-31(40)33-27(16-42-32)34(44-35(43-33)50-20-37-7-3-10-47(37)17-22(38)14-37)46-18-23-6-8-36(19-46,45-23)15-29-41-9-11-49-29/h1,4-5,9,11-13,16,22-23,45,48H,3,6-8,10,14-15,17-20H2/t22-,23?,36?,37+/m1/s1. The summed E-state index contributed by atoms with van der Waals surface area (Å²) >= 11 is 0. The number of nitrogens with one attached hydrogen (secondary N) is 1. The Morgan fingerprint density at radius 2 is 2.06 bits per heavy atom. The Bertz CT molecular complexity index is 2190. The number of hydrogen-bond donors (Lipinski definition) is 2. The fourth-order valence-electron chi connectivity index (χ4n) is 8.89. The molecule has 2 aromatic carbocycles. The van der Waals surface area contributed by atoms with E-state index in [1.165, 1.54) is 30.5 Å². The average molecular weight is 682 g/mol. The maximum Gasteiger partial charge on any atom is 0.319 e. The summed E-state index contributed by atoms with van der Waals surface area (Å²) in [4.78, 5) is 22.6. The summed E-state index contributed by atoms with van der Waals surface area (Å²) in [5.74, 6) is 1.85. The van der Waals surface area contributed by atoms with Crippen LogP contribution in [0.25, 0.3) is 32.9 Å². The van der Waals surface area contributed by atoms with Crippen molar-refractivity contribution in [1.29, 1.82) is 0 Å². The molecule has 4 fully saturated rings. The van der Waals surface area contributed by atoms with Crippen LogP contribution < -0.4 is 15.0 Å². The predicted octanol–water partition coefficient (Wildman–Crippen LogP) is 5.31. The maximum absolute atomic E-state index is 17.0. The maximum atomic E-state index is 17.0. The van der Waals surface area contributed by atoms with Gasteiger partial charge in [0.05, 0.1) is 22.7 Å². The molecule has 0 saturated carbocycles. The minimum atomic E-state index is -0.941. The molecule has 5 aromatic rings. The predicted molar refractivity (Wildman–Crippen MR) is 180 cm³/mol. The fraction of sp³-hybridized carbons (Fsp3) is 0.405. The highest BCUT2D eigenvalue weighted by molar-refractivity contribution is 6.03. The van der Waals surface area contributed by atoms with Gasteiger partial charge in [0.25, 0.3) is 0 Å². The summed E-state index contributed by atoms with van der Waals surface area (Å²) in [6, 6.07) is 5.56. The lowest BCUT2D eigenvalue weighted by Crippen LogP contribution is -2.61. The van der Waals surface area contributed by atoms with Gasteiger partial charge in [0.1, 0.15) is 47.6 Å². The van der Waals surface area contributed by atoms with Gasteiger partial charge in [0.15, 0.2) is 11.7 Å². The molecule has 0 spiro atoms. The number of nitrogens with zero attached hydrogens (tertiary/aromatic N) is 6. The average Bonchev–Trinajstić information content (AvgIpc) is 3.88. The smallest absolute Gasteiger partial charge is 0.319 e. The number of terminal acetylenes is 1. The Kier molecular flexibility index (Phi) is 7.19. The van der Waals surface area contributed by atoms with E-state index < -0.39 is 23.3 Å². The highest BCUT2D eigenvalue weighted by Crippen LogP contribution is 2.43. The van der Waals surface area contributed by atoms with Gasteiger partial charge >= 0.3 is 6.01 Å². The third-order valence-corrected chi connectivity index (χ3v) is 11.0. The molecule has 2 N–H and O–H groups in total. The van der Waals surface area contributed by atoms with Crippen molar-refractivity contribution in [1.82, 2.24) is 30.2 Å². The van der Waals surface area contributed by atoms with Crippen molar-refractivity contribution in [2.24, 2.45) is 0 Å². The molecule has 0 amide bonds. The number of hydrogen-bond acceptors (Lipinski definition) is 10. The summed E-state index contributed by atoms with van der Waals surface area (Å²) in [7, 11) is 0. The molecule has 2 unspecified atom stereocenters. The molecule has 4 aliphatic heterocycles. The second-order valence-corrected chi connectivity index (χ2v) is 14.2. The zero-order valence-corrected chi connectivity index (χ0v) is 27.1. The van der Waals surface area contributed by atoms with Crippen LogP contribution in [-0.2, 0) is 6.42 Å². The molecule has 9 rings (SSSR count). The number of aromatic hydroxyl groups is 1. The number of aromatic nitrogens is 4. The quantitative estimate of drug-likeness (QED) is 0.219. The Balaban J connectivity index is 1.18. The van der Waals surface area contributed by atoms with Crippen molar-refractivity contribution < 1.29 is 27.4 Å². The lowest BCUT2D eigenvalue weighted by Gasteiger charge is -2.41. The van der Waals surface area contributed by atoms with Crippen LogP contribution in [0.5, 0.6) is 11.8 Å². The van der Waals surface area contributed by atoms with Crippen LogP contribution in [0, 0.1) is 24.0 Å². The molecule has 50 heavy (non-hydrogen) atoms. The molecule has 4 aliphatic rings. The van der Waals surface area contributed by atoms with E-state index in [0.29, 0.717) is 55.0 Å². The van der Waals surface area contributed by atoms with Gasteiger partial charge < -0.3 is 24.5 Å². The van der Waals surface area contributed by atoms with Crippen molar-refractivity contribution in [2.45, 2.75) is 61.8 Å².